The van der Waals surface area contributed by atoms with Gasteiger partial charge in [0, 0.05) is 56.4 Å². The van der Waals surface area contributed by atoms with E-state index in [1.165, 1.54) is 27.4 Å². The van der Waals surface area contributed by atoms with Crippen LogP contribution in [0.4, 0.5) is 25.2 Å². The van der Waals surface area contributed by atoms with Gasteiger partial charge in [0.2, 0.25) is 21.9 Å². The number of rotatable bonds is 8. The van der Waals surface area contributed by atoms with E-state index < -0.39 is 57.2 Å². The molecule has 3 aliphatic rings. The summed E-state index contributed by atoms with van der Waals surface area (Å²) in [5.41, 5.74) is -0.242. The lowest BCUT2D eigenvalue weighted by molar-refractivity contribution is -0.145. The fourth-order valence-electron chi connectivity index (χ4n) is 6.38. The first-order valence-electron chi connectivity index (χ1n) is 16.1. The summed E-state index contributed by atoms with van der Waals surface area (Å²) in [6.45, 7) is 7.57. The van der Waals surface area contributed by atoms with E-state index in [9.17, 15) is 27.9 Å². The molecule has 2 saturated heterocycles. The molecule has 16 heteroatoms. The van der Waals surface area contributed by atoms with Crippen molar-refractivity contribution in [1.29, 1.82) is 0 Å². The Kier molecular flexibility index (Phi) is 9.98. The third kappa shape index (κ3) is 7.86. The van der Waals surface area contributed by atoms with Gasteiger partial charge in [0.15, 0.2) is 0 Å². The Hall–Kier alpha value is -3.92. The van der Waals surface area contributed by atoms with Crippen LogP contribution in [0.5, 0.6) is 0 Å². The van der Waals surface area contributed by atoms with Gasteiger partial charge in [0.05, 0.1) is 16.9 Å². The quantitative estimate of drug-likeness (QED) is 0.415. The molecule has 0 unspecified atom stereocenters. The van der Waals surface area contributed by atoms with Gasteiger partial charge in [-0.1, -0.05) is 0 Å². The number of aromatic nitrogens is 2. The van der Waals surface area contributed by atoms with E-state index in [-0.39, 0.29) is 81.6 Å². The number of aliphatic carboxylic acids is 1. The summed E-state index contributed by atoms with van der Waals surface area (Å²) in [5, 5.41) is 11.9. The molecule has 1 aromatic heterocycles. The predicted molar refractivity (Wildman–Crippen MR) is 171 cm³/mol. The molecule has 0 spiro atoms. The topological polar surface area (TPSA) is 162 Å². The number of nitrogens with one attached hydrogen (secondary N) is 1. The van der Waals surface area contributed by atoms with E-state index in [2.05, 4.69) is 15.3 Å². The monoisotopic (exact) mass is 692 g/mol. The van der Waals surface area contributed by atoms with Gasteiger partial charge in [0.1, 0.15) is 11.3 Å². The number of ether oxygens (including phenoxy) is 1. The van der Waals surface area contributed by atoms with Crippen LogP contribution in [-0.4, -0.2) is 90.1 Å². The molecule has 3 fully saturated rings. The predicted octanol–water partition coefficient (Wildman–Crippen LogP) is 3.91. The summed E-state index contributed by atoms with van der Waals surface area (Å²) in [4.78, 5) is 47.9. The van der Waals surface area contributed by atoms with Gasteiger partial charge in [-0.15, -0.1) is 0 Å². The van der Waals surface area contributed by atoms with Gasteiger partial charge >= 0.3 is 12.1 Å². The second-order valence-corrected chi connectivity index (χ2v) is 15.6. The lowest BCUT2D eigenvalue weighted by atomic mass is 9.78. The number of carbonyl (C=O) groups is 3. The summed E-state index contributed by atoms with van der Waals surface area (Å²) < 4.78 is 64.7. The minimum Gasteiger partial charge on any atom is -0.481 e. The molecule has 0 bridgehead atoms. The van der Waals surface area contributed by atoms with E-state index >= 15 is 8.78 Å². The molecule has 0 radical (unpaired) electrons. The van der Waals surface area contributed by atoms with Gasteiger partial charge in [-0.3, -0.25) is 9.59 Å². The first-order valence-corrected chi connectivity index (χ1v) is 17.5. The van der Waals surface area contributed by atoms with E-state index in [1.54, 1.807) is 44.7 Å². The minimum absolute atomic E-state index is 0.0427. The summed E-state index contributed by atoms with van der Waals surface area (Å²) in [6, 6.07) is 6.76. The standard InChI is InChI=1S/C32H42F2N6O7S/c1-20-17-26(32(33,34)22-7-5-21(6-8-22)28(42)43)37-29(35-20)38-13-15-39(16-14-38)48(45,46)25-11-9-24(10-12-25)40-19-23(18-27(40)41)36-30(44)47-31(2,3)4/h9-12,17,21-23H,5-8,13-16,18-19H2,1-4H3,(H,36,44)(H,42,43)/t21?,22?,23-/m1/s1. The van der Waals surface area contributed by atoms with Crippen LogP contribution in [0, 0.1) is 18.8 Å². The van der Waals surface area contributed by atoms with Crippen molar-refractivity contribution in [3.05, 3.63) is 41.7 Å². The maximum atomic E-state index is 15.6. The average molecular weight is 693 g/mol. The molecule has 2 N–H and O–H groups in total. The third-order valence-corrected chi connectivity index (χ3v) is 10.8. The highest BCUT2D eigenvalue weighted by Crippen LogP contribution is 2.44. The number of sulfonamides is 1. The number of hydrogen-bond donors (Lipinski definition) is 2. The van der Waals surface area contributed by atoms with Gasteiger partial charge in [0.25, 0.3) is 5.92 Å². The zero-order valence-corrected chi connectivity index (χ0v) is 28.3. The Morgan fingerprint density at radius 1 is 1.00 bits per heavy atom. The van der Waals surface area contributed by atoms with Gasteiger partial charge in [-0.2, -0.15) is 13.1 Å². The molecule has 5 rings (SSSR count). The maximum absolute atomic E-state index is 15.6. The zero-order valence-electron chi connectivity index (χ0n) is 27.5. The minimum atomic E-state index is -3.90. The smallest absolute Gasteiger partial charge is 0.407 e. The number of halogens is 2. The number of carboxylic acid groups (broad SMARTS) is 1. The molecule has 1 aromatic carbocycles. The number of aryl methyl sites for hydroxylation is 1. The number of carbonyl (C=O) groups excluding carboxylic acids is 2. The van der Waals surface area contributed by atoms with Crippen molar-refractivity contribution in [2.75, 3.05) is 42.5 Å². The van der Waals surface area contributed by atoms with Crippen LogP contribution in [0.3, 0.4) is 0 Å². The molecule has 1 atom stereocenters. The van der Waals surface area contributed by atoms with E-state index in [0.717, 1.165) is 0 Å². The Bertz CT molecular complexity index is 1630. The van der Waals surface area contributed by atoms with Crippen LogP contribution in [0.1, 0.15) is 64.3 Å². The van der Waals surface area contributed by atoms with Crippen molar-refractivity contribution in [3.8, 4) is 0 Å². The van der Waals surface area contributed by atoms with Crippen LogP contribution < -0.4 is 15.1 Å². The van der Waals surface area contributed by atoms with Crippen molar-refractivity contribution >= 4 is 39.6 Å². The number of hydrogen-bond acceptors (Lipinski definition) is 9. The fourth-order valence-corrected chi connectivity index (χ4v) is 7.80. The van der Waals surface area contributed by atoms with E-state index in [1.807, 2.05) is 0 Å². The van der Waals surface area contributed by atoms with Crippen molar-refractivity contribution in [1.82, 2.24) is 19.6 Å². The first kappa shape index (κ1) is 35.4. The van der Waals surface area contributed by atoms with Crippen LogP contribution in [-0.2, 0) is 30.3 Å². The normalized spacial score (nSPS) is 22.9. The molecule has 2 amide bonds. The first-order chi connectivity index (χ1) is 22.4. The molecular formula is C32H42F2N6O7S. The largest absolute Gasteiger partial charge is 0.481 e. The number of alkyl carbamates (subject to hydrolysis) is 1. The fraction of sp³-hybridized carbons (Fsp3) is 0.594. The highest BCUT2D eigenvalue weighted by Gasteiger charge is 2.46. The molecule has 1 aliphatic carbocycles. The van der Waals surface area contributed by atoms with Crippen molar-refractivity contribution < 1.29 is 41.4 Å². The molecule has 2 aromatic rings. The number of alkyl halides is 2. The Morgan fingerprint density at radius 3 is 2.21 bits per heavy atom. The lowest BCUT2D eigenvalue weighted by Gasteiger charge is -2.35. The SMILES string of the molecule is Cc1cc(C(F)(F)C2CCC(C(=O)O)CC2)nc(N2CCN(S(=O)(=O)c3ccc(N4C[C@H](NC(=O)OC(C)(C)C)CC4=O)cc3)CC2)n1. The summed E-state index contributed by atoms with van der Waals surface area (Å²) >= 11 is 0. The Balaban J connectivity index is 1.20. The summed E-state index contributed by atoms with van der Waals surface area (Å²) in [7, 11) is -3.90. The van der Waals surface area contributed by atoms with Crippen molar-refractivity contribution in [3.63, 3.8) is 0 Å². The highest BCUT2D eigenvalue weighted by molar-refractivity contribution is 7.89. The molecule has 262 valence electrons. The number of amides is 2. The summed E-state index contributed by atoms with van der Waals surface area (Å²) in [5.74, 6) is -5.98. The second kappa shape index (κ2) is 13.5. The Morgan fingerprint density at radius 2 is 1.62 bits per heavy atom. The van der Waals surface area contributed by atoms with Crippen LogP contribution in [0.15, 0.2) is 35.2 Å². The number of nitrogens with zero attached hydrogens (tertiary/aromatic N) is 5. The van der Waals surface area contributed by atoms with Crippen LogP contribution in [0.2, 0.25) is 0 Å². The second-order valence-electron chi connectivity index (χ2n) is 13.6. The molecular weight excluding hydrogens is 650 g/mol. The highest BCUT2D eigenvalue weighted by atomic mass is 32.2. The molecule has 13 nitrogen and oxygen atoms in total. The van der Waals surface area contributed by atoms with Gasteiger partial charge in [-0.05, 0) is 83.7 Å². The molecule has 3 heterocycles. The number of carboxylic acids is 1. The van der Waals surface area contributed by atoms with Crippen molar-refractivity contribution in [2.24, 2.45) is 11.8 Å². The number of piperazine rings is 1. The lowest BCUT2D eigenvalue weighted by Crippen LogP contribution is -2.49. The third-order valence-electron chi connectivity index (χ3n) is 8.93. The van der Waals surface area contributed by atoms with Crippen molar-refractivity contribution in [2.45, 2.75) is 82.3 Å². The zero-order chi connectivity index (χ0) is 35.0. The number of anilines is 2. The van der Waals surface area contributed by atoms with Crippen LogP contribution >= 0.6 is 0 Å². The summed E-state index contributed by atoms with van der Waals surface area (Å²) in [6.07, 6.45) is 0.0140. The van der Waals surface area contributed by atoms with Gasteiger partial charge < -0.3 is 25.0 Å². The van der Waals surface area contributed by atoms with E-state index in [0.29, 0.717) is 11.4 Å². The molecule has 48 heavy (non-hydrogen) atoms. The average Bonchev–Trinajstić information content (AvgIpc) is 3.39. The number of benzene rings is 1. The molecule has 1 saturated carbocycles. The maximum Gasteiger partial charge on any atom is 0.407 e. The Labute approximate surface area is 278 Å². The molecule has 2 aliphatic heterocycles. The van der Waals surface area contributed by atoms with E-state index in [4.69, 9.17) is 4.74 Å². The van der Waals surface area contributed by atoms with Crippen LogP contribution in [0.25, 0.3) is 0 Å². The van der Waals surface area contributed by atoms with Gasteiger partial charge in [-0.25, -0.2) is 23.2 Å².